The third kappa shape index (κ3) is 5.43. The van der Waals surface area contributed by atoms with Gasteiger partial charge in [0.15, 0.2) is 6.61 Å². The van der Waals surface area contributed by atoms with Gasteiger partial charge in [-0.25, -0.2) is 4.79 Å². The molecule has 3 rings (SSSR count). The number of carbonyl (C=O) groups is 1. The van der Waals surface area contributed by atoms with Gasteiger partial charge >= 0.3 is 5.63 Å². The first-order chi connectivity index (χ1) is 13.0. The van der Waals surface area contributed by atoms with Crippen LogP contribution in [0.5, 0.6) is 5.75 Å². The number of amides is 1. The van der Waals surface area contributed by atoms with Gasteiger partial charge in [-0.15, -0.1) is 0 Å². The molecule has 27 heavy (non-hydrogen) atoms. The van der Waals surface area contributed by atoms with E-state index in [0.29, 0.717) is 17.9 Å². The molecule has 0 aliphatic heterocycles. The third-order valence-corrected chi connectivity index (χ3v) is 3.98. The highest BCUT2D eigenvalue weighted by Crippen LogP contribution is 2.19. The summed E-state index contributed by atoms with van der Waals surface area (Å²) in [7, 11) is 4.05. The predicted molar refractivity (Wildman–Crippen MR) is 104 cm³/mol. The molecule has 3 aromatic rings. The maximum absolute atomic E-state index is 12.0. The summed E-state index contributed by atoms with van der Waals surface area (Å²) in [6, 6.07) is 16.3. The van der Waals surface area contributed by atoms with Gasteiger partial charge in [0.1, 0.15) is 11.3 Å². The van der Waals surface area contributed by atoms with Crippen LogP contribution in [0.4, 0.5) is 0 Å². The summed E-state index contributed by atoms with van der Waals surface area (Å²) in [6.07, 6.45) is 0. The fraction of sp³-hybridized carbons (Fsp3) is 0.238. The van der Waals surface area contributed by atoms with Gasteiger partial charge in [-0.2, -0.15) is 0 Å². The van der Waals surface area contributed by atoms with Gasteiger partial charge in [-0.3, -0.25) is 4.79 Å². The molecule has 0 fully saturated rings. The zero-order chi connectivity index (χ0) is 19.2. The molecular formula is C21H22N2O4. The lowest BCUT2D eigenvalue weighted by molar-refractivity contribution is -0.123. The van der Waals surface area contributed by atoms with Gasteiger partial charge in [-0.1, -0.05) is 24.3 Å². The number of nitrogens with one attached hydrogen (secondary N) is 1. The Morgan fingerprint density at radius 2 is 1.74 bits per heavy atom. The Balaban J connectivity index is 1.50. The lowest BCUT2D eigenvalue weighted by Crippen LogP contribution is -2.28. The summed E-state index contributed by atoms with van der Waals surface area (Å²) in [4.78, 5) is 25.4. The van der Waals surface area contributed by atoms with Crippen LogP contribution < -0.4 is 15.7 Å². The van der Waals surface area contributed by atoms with E-state index < -0.39 is 5.63 Å². The topological polar surface area (TPSA) is 71.8 Å². The number of carbonyl (C=O) groups excluding carboxylic acids is 1. The molecule has 0 bridgehead atoms. The van der Waals surface area contributed by atoms with Crippen LogP contribution in [0, 0.1) is 0 Å². The van der Waals surface area contributed by atoms with E-state index >= 15 is 0 Å². The minimum Gasteiger partial charge on any atom is -0.484 e. The Morgan fingerprint density at radius 1 is 1.04 bits per heavy atom. The SMILES string of the molecule is CN(C)Cc1ccc(CNC(=O)COc2ccc3ccc(=O)oc3c2)cc1. The molecule has 1 amide bonds. The van der Waals surface area contributed by atoms with Crippen molar-refractivity contribution in [1.29, 1.82) is 0 Å². The monoisotopic (exact) mass is 366 g/mol. The van der Waals surface area contributed by atoms with E-state index in [2.05, 4.69) is 22.3 Å². The van der Waals surface area contributed by atoms with E-state index in [1.807, 2.05) is 26.2 Å². The average Bonchev–Trinajstić information content (AvgIpc) is 2.65. The normalized spacial score (nSPS) is 10.9. The third-order valence-electron chi connectivity index (χ3n) is 3.98. The van der Waals surface area contributed by atoms with Crippen LogP contribution in [0.25, 0.3) is 11.0 Å². The second kappa shape index (κ2) is 8.51. The molecule has 1 aromatic heterocycles. The second-order valence-electron chi connectivity index (χ2n) is 6.57. The van der Waals surface area contributed by atoms with Crippen LogP contribution in [0.3, 0.4) is 0 Å². The first-order valence-corrected chi connectivity index (χ1v) is 8.65. The molecular weight excluding hydrogens is 344 g/mol. The van der Waals surface area contributed by atoms with Crippen molar-refractivity contribution in [2.24, 2.45) is 0 Å². The molecule has 0 aliphatic carbocycles. The highest BCUT2D eigenvalue weighted by atomic mass is 16.5. The largest absolute Gasteiger partial charge is 0.484 e. The molecule has 0 saturated heterocycles. The molecule has 0 spiro atoms. The molecule has 0 atom stereocenters. The first kappa shape index (κ1) is 18.7. The number of nitrogens with zero attached hydrogens (tertiary/aromatic N) is 1. The summed E-state index contributed by atoms with van der Waals surface area (Å²) < 4.78 is 10.6. The van der Waals surface area contributed by atoms with Gasteiger partial charge in [0, 0.05) is 30.6 Å². The summed E-state index contributed by atoms with van der Waals surface area (Å²) in [5.41, 5.74) is 2.26. The smallest absolute Gasteiger partial charge is 0.336 e. The fourth-order valence-corrected chi connectivity index (χ4v) is 2.66. The van der Waals surface area contributed by atoms with Crippen molar-refractivity contribution in [2.75, 3.05) is 20.7 Å². The Kier molecular flexibility index (Phi) is 5.88. The van der Waals surface area contributed by atoms with Crippen LogP contribution in [-0.4, -0.2) is 31.5 Å². The molecule has 2 aromatic carbocycles. The van der Waals surface area contributed by atoms with Crippen molar-refractivity contribution < 1.29 is 13.9 Å². The number of hydrogen-bond acceptors (Lipinski definition) is 5. The van der Waals surface area contributed by atoms with E-state index in [0.717, 1.165) is 17.5 Å². The maximum atomic E-state index is 12.0. The lowest BCUT2D eigenvalue weighted by Gasteiger charge is -2.11. The average molecular weight is 366 g/mol. The van der Waals surface area contributed by atoms with Crippen molar-refractivity contribution in [2.45, 2.75) is 13.1 Å². The zero-order valence-corrected chi connectivity index (χ0v) is 15.4. The highest BCUT2D eigenvalue weighted by Gasteiger charge is 2.05. The van der Waals surface area contributed by atoms with E-state index in [1.165, 1.54) is 11.6 Å². The first-order valence-electron chi connectivity index (χ1n) is 8.65. The van der Waals surface area contributed by atoms with Crippen LogP contribution >= 0.6 is 0 Å². The molecule has 140 valence electrons. The second-order valence-corrected chi connectivity index (χ2v) is 6.57. The summed E-state index contributed by atoms with van der Waals surface area (Å²) in [6.45, 7) is 1.21. The zero-order valence-electron chi connectivity index (χ0n) is 15.4. The number of benzene rings is 2. The van der Waals surface area contributed by atoms with Crippen molar-refractivity contribution in [3.05, 3.63) is 76.1 Å². The van der Waals surface area contributed by atoms with Crippen molar-refractivity contribution in [3.63, 3.8) is 0 Å². The number of hydrogen-bond donors (Lipinski definition) is 1. The van der Waals surface area contributed by atoms with Crippen molar-refractivity contribution >= 4 is 16.9 Å². The molecule has 0 radical (unpaired) electrons. The van der Waals surface area contributed by atoms with Gasteiger partial charge in [0.25, 0.3) is 5.91 Å². The van der Waals surface area contributed by atoms with Crippen LogP contribution in [0.2, 0.25) is 0 Å². The lowest BCUT2D eigenvalue weighted by atomic mass is 10.1. The van der Waals surface area contributed by atoms with E-state index in [1.54, 1.807) is 24.3 Å². The van der Waals surface area contributed by atoms with Gasteiger partial charge < -0.3 is 19.4 Å². The van der Waals surface area contributed by atoms with Gasteiger partial charge in [0.2, 0.25) is 0 Å². The van der Waals surface area contributed by atoms with Crippen LogP contribution in [0.15, 0.2) is 63.8 Å². The minimum absolute atomic E-state index is 0.110. The molecule has 6 nitrogen and oxygen atoms in total. The summed E-state index contributed by atoms with van der Waals surface area (Å²) in [5, 5.41) is 3.62. The highest BCUT2D eigenvalue weighted by molar-refractivity contribution is 5.79. The molecule has 1 N–H and O–H groups in total. The number of ether oxygens (including phenoxy) is 1. The fourth-order valence-electron chi connectivity index (χ4n) is 2.66. The van der Waals surface area contributed by atoms with Crippen molar-refractivity contribution in [3.8, 4) is 5.75 Å². The standard InChI is InChI=1S/C21H22N2O4/c1-23(2)13-16-5-3-15(4-6-16)12-22-20(24)14-26-18-9-7-17-8-10-21(25)27-19(17)11-18/h3-11H,12-14H2,1-2H3,(H,22,24). The van der Waals surface area contributed by atoms with Gasteiger partial charge in [0.05, 0.1) is 0 Å². The van der Waals surface area contributed by atoms with E-state index in [9.17, 15) is 9.59 Å². The summed E-state index contributed by atoms with van der Waals surface area (Å²) in [5.74, 6) is 0.252. The van der Waals surface area contributed by atoms with E-state index in [4.69, 9.17) is 9.15 Å². The molecule has 0 aliphatic rings. The van der Waals surface area contributed by atoms with Gasteiger partial charge in [-0.05, 0) is 43.4 Å². The Bertz CT molecular complexity index is 977. The van der Waals surface area contributed by atoms with E-state index in [-0.39, 0.29) is 12.5 Å². The van der Waals surface area contributed by atoms with Crippen LogP contribution in [-0.2, 0) is 17.9 Å². The molecule has 0 saturated carbocycles. The van der Waals surface area contributed by atoms with Crippen LogP contribution in [0.1, 0.15) is 11.1 Å². The Labute approximate surface area is 157 Å². The molecule has 6 heteroatoms. The Morgan fingerprint density at radius 3 is 2.48 bits per heavy atom. The number of rotatable bonds is 7. The van der Waals surface area contributed by atoms with Crippen molar-refractivity contribution in [1.82, 2.24) is 10.2 Å². The predicted octanol–water partition coefficient (Wildman–Crippen LogP) is 2.55. The number of fused-ring (bicyclic) bond motifs is 1. The quantitative estimate of drug-likeness (QED) is 0.651. The minimum atomic E-state index is -0.422. The Hall–Kier alpha value is -3.12. The molecule has 1 heterocycles. The molecule has 0 unspecified atom stereocenters. The maximum Gasteiger partial charge on any atom is 0.336 e. The summed E-state index contributed by atoms with van der Waals surface area (Å²) >= 11 is 0.